The van der Waals surface area contributed by atoms with Gasteiger partial charge in [0, 0.05) is 16.1 Å². The van der Waals surface area contributed by atoms with E-state index in [1.54, 1.807) is 0 Å². The third-order valence-electron chi connectivity index (χ3n) is 3.97. The van der Waals surface area contributed by atoms with E-state index < -0.39 is 0 Å². The van der Waals surface area contributed by atoms with Crippen molar-refractivity contribution in [3.05, 3.63) is 28.7 Å². The molecule has 6 heteroatoms. The van der Waals surface area contributed by atoms with Gasteiger partial charge in [-0.05, 0) is 57.1 Å². The topological polar surface area (TPSA) is 75.4 Å². The molecule has 1 aromatic carbocycles. The van der Waals surface area contributed by atoms with Gasteiger partial charge in [-0.3, -0.25) is 14.5 Å². The van der Waals surface area contributed by atoms with E-state index in [2.05, 4.69) is 26.1 Å². The SMILES string of the molecule is C[C@@H](C(=O)Nc1ccc(Br)cc1)N1CCC(C(N)=O)CC1. The van der Waals surface area contributed by atoms with Gasteiger partial charge in [-0.15, -0.1) is 0 Å². The minimum absolute atomic E-state index is 0.0325. The molecule has 114 valence electrons. The number of rotatable bonds is 4. The van der Waals surface area contributed by atoms with Gasteiger partial charge in [0.25, 0.3) is 0 Å². The summed E-state index contributed by atoms with van der Waals surface area (Å²) < 4.78 is 0.974. The normalized spacial score (nSPS) is 18.2. The van der Waals surface area contributed by atoms with Crippen LogP contribution in [0, 0.1) is 5.92 Å². The summed E-state index contributed by atoms with van der Waals surface area (Å²) in [6.07, 6.45) is 1.45. The van der Waals surface area contributed by atoms with Crippen LogP contribution < -0.4 is 11.1 Å². The van der Waals surface area contributed by atoms with E-state index in [1.165, 1.54) is 0 Å². The van der Waals surface area contributed by atoms with Crippen LogP contribution in [0.2, 0.25) is 0 Å². The lowest BCUT2D eigenvalue weighted by atomic mass is 9.95. The molecular weight excluding hydrogens is 334 g/mol. The first-order chi connectivity index (χ1) is 9.97. The average molecular weight is 354 g/mol. The number of benzene rings is 1. The molecule has 0 aliphatic carbocycles. The molecule has 0 bridgehead atoms. The molecule has 1 heterocycles. The number of piperidine rings is 1. The summed E-state index contributed by atoms with van der Waals surface area (Å²) in [5, 5.41) is 2.91. The van der Waals surface area contributed by atoms with Crippen molar-refractivity contribution in [2.45, 2.75) is 25.8 Å². The van der Waals surface area contributed by atoms with E-state index in [4.69, 9.17) is 5.73 Å². The van der Waals surface area contributed by atoms with Crippen LogP contribution in [-0.4, -0.2) is 35.8 Å². The number of nitrogens with zero attached hydrogens (tertiary/aromatic N) is 1. The Kier molecular flexibility index (Phi) is 5.36. The number of hydrogen-bond donors (Lipinski definition) is 2. The lowest BCUT2D eigenvalue weighted by molar-refractivity contribution is -0.124. The number of amides is 2. The molecule has 3 N–H and O–H groups in total. The van der Waals surface area contributed by atoms with Crippen molar-refractivity contribution in [1.29, 1.82) is 0 Å². The van der Waals surface area contributed by atoms with E-state index in [0.29, 0.717) is 0 Å². The molecule has 0 saturated carbocycles. The molecule has 0 aromatic heterocycles. The van der Waals surface area contributed by atoms with Crippen LogP contribution >= 0.6 is 15.9 Å². The highest BCUT2D eigenvalue weighted by Gasteiger charge is 2.28. The standard InChI is InChI=1S/C15H20BrN3O2/c1-10(19-8-6-11(7-9-19)14(17)20)15(21)18-13-4-2-12(16)3-5-13/h2-5,10-11H,6-9H2,1H3,(H2,17,20)(H,18,21)/t10-/m0/s1. The molecule has 1 aromatic rings. The summed E-state index contributed by atoms with van der Waals surface area (Å²) >= 11 is 3.36. The Hall–Kier alpha value is -1.40. The average Bonchev–Trinajstić information content (AvgIpc) is 2.49. The summed E-state index contributed by atoms with van der Waals surface area (Å²) in [6.45, 7) is 3.34. The van der Waals surface area contributed by atoms with Crippen molar-refractivity contribution in [3.63, 3.8) is 0 Å². The Morgan fingerprint density at radius 3 is 2.38 bits per heavy atom. The van der Waals surface area contributed by atoms with Gasteiger partial charge in [0.15, 0.2) is 0 Å². The first kappa shape index (κ1) is 16.0. The van der Waals surface area contributed by atoms with Crippen LogP contribution in [0.15, 0.2) is 28.7 Å². The predicted octanol–water partition coefficient (Wildman–Crippen LogP) is 1.97. The lowest BCUT2D eigenvalue weighted by Gasteiger charge is -2.34. The van der Waals surface area contributed by atoms with Crippen molar-refractivity contribution < 1.29 is 9.59 Å². The van der Waals surface area contributed by atoms with Crippen LogP contribution in [0.3, 0.4) is 0 Å². The van der Waals surface area contributed by atoms with Gasteiger partial charge in [0.1, 0.15) is 0 Å². The van der Waals surface area contributed by atoms with E-state index in [0.717, 1.165) is 36.1 Å². The number of hydrogen-bond acceptors (Lipinski definition) is 3. The summed E-state index contributed by atoms with van der Waals surface area (Å²) in [6, 6.07) is 7.27. The fourth-order valence-corrected chi connectivity index (χ4v) is 2.78. The number of nitrogens with two attached hydrogens (primary N) is 1. The third kappa shape index (κ3) is 4.28. The molecule has 2 rings (SSSR count). The first-order valence-electron chi connectivity index (χ1n) is 7.07. The monoisotopic (exact) mass is 353 g/mol. The molecule has 2 amide bonds. The molecule has 5 nitrogen and oxygen atoms in total. The fraction of sp³-hybridized carbons (Fsp3) is 0.467. The molecule has 1 saturated heterocycles. The van der Waals surface area contributed by atoms with Gasteiger partial charge in [-0.1, -0.05) is 15.9 Å². The van der Waals surface area contributed by atoms with Gasteiger partial charge in [0.2, 0.25) is 11.8 Å². The molecule has 1 fully saturated rings. The number of anilines is 1. The summed E-state index contributed by atoms with van der Waals surface area (Å²) in [4.78, 5) is 25.5. The van der Waals surface area contributed by atoms with Gasteiger partial charge in [-0.2, -0.15) is 0 Å². The van der Waals surface area contributed by atoms with Crippen LogP contribution in [0.4, 0.5) is 5.69 Å². The maximum Gasteiger partial charge on any atom is 0.241 e. The minimum Gasteiger partial charge on any atom is -0.369 e. The summed E-state index contributed by atoms with van der Waals surface area (Å²) in [5.41, 5.74) is 6.10. The smallest absolute Gasteiger partial charge is 0.241 e. The second-order valence-electron chi connectivity index (χ2n) is 5.38. The van der Waals surface area contributed by atoms with E-state index in [-0.39, 0.29) is 23.8 Å². The molecule has 0 unspecified atom stereocenters. The number of primary amides is 1. The van der Waals surface area contributed by atoms with Crippen molar-refractivity contribution in [2.24, 2.45) is 11.7 Å². The number of carbonyl (C=O) groups is 2. The second kappa shape index (κ2) is 7.04. The second-order valence-corrected chi connectivity index (χ2v) is 6.30. The number of likely N-dealkylation sites (tertiary alicyclic amines) is 1. The number of nitrogens with one attached hydrogen (secondary N) is 1. The van der Waals surface area contributed by atoms with Crippen molar-refractivity contribution >= 4 is 33.4 Å². The van der Waals surface area contributed by atoms with Crippen LogP contribution in [0.1, 0.15) is 19.8 Å². The Labute approximate surface area is 133 Å². The molecule has 0 radical (unpaired) electrons. The van der Waals surface area contributed by atoms with Gasteiger partial charge in [-0.25, -0.2) is 0 Å². The van der Waals surface area contributed by atoms with Crippen LogP contribution in [-0.2, 0) is 9.59 Å². The van der Waals surface area contributed by atoms with Crippen molar-refractivity contribution in [2.75, 3.05) is 18.4 Å². The lowest BCUT2D eigenvalue weighted by Crippen LogP contribution is -2.47. The third-order valence-corrected chi connectivity index (χ3v) is 4.50. The van der Waals surface area contributed by atoms with Crippen LogP contribution in [0.5, 0.6) is 0 Å². The minimum atomic E-state index is -0.235. The highest BCUT2D eigenvalue weighted by molar-refractivity contribution is 9.10. The first-order valence-corrected chi connectivity index (χ1v) is 7.86. The van der Waals surface area contributed by atoms with Gasteiger partial charge >= 0.3 is 0 Å². The summed E-state index contributed by atoms with van der Waals surface area (Å²) in [7, 11) is 0. The maximum absolute atomic E-state index is 12.3. The molecule has 1 atom stereocenters. The number of halogens is 1. The van der Waals surface area contributed by atoms with Crippen LogP contribution in [0.25, 0.3) is 0 Å². The molecular formula is C15H20BrN3O2. The highest BCUT2D eigenvalue weighted by atomic mass is 79.9. The molecule has 0 spiro atoms. The van der Waals surface area contributed by atoms with Gasteiger partial charge in [0.05, 0.1) is 6.04 Å². The Bertz CT molecular complexity index is 510. The van der Waals surface area contributed by atoms with Gasteiger partial charge < -0.3 is 11.1 Å². The Morgan fingerprint density at radius 2 is 1.86 bits per heavy atom. The van der Waals surface area contributed by atoms with Crippen molar-refractivity contribution in [3.8, 4) is 0 Å². The summed E-state index contributed by atoms with van der Waals surface area (Å²) in [5.74, 6) is -0.320. The van der Waals surface area contributed by atoms with Crippen molar-refractivity contribution in [1.82, 2.24) is 4.90 Å². The molecule has 1 aliphatic rings. The quantitative estimate of drug-likeness (QED) is 0.868. The highest BCUT2D eigenvalue weighted by Crippen LogP contribution is 2.20. The Morgan fingerprint density at radius 1 is 1.29 bits per heavy atom. The molecule has 1 aliphatic heterocycles. The Balaban J connectivity index is 1.88. The van der Waals surface area contributed by atoms with E-state index in [1.807, 2.05) is 31.2 Å². The maximum atomic E-state index is 12.3. The zero-order valence-electron chi connectivity index (χ0n) is 12.0. The number of carbonyl (C=O) groups excluding carboxylic acids is 2. The van der Waals surface area contributed by atoms with E-state index in [9.17, 15) is 9.59 Å². The molecule has 21 heavy (non-hydrogen) atoms. The zero-order valence-corrected chi connectivity index (χ0v) is 13.6. The zero-order chi connectivity index (χ0) is 15.4. The predicted molar refractivity (Wildman–Crippen MR) is 85.7 cm³/mol. The fourth-order valence-electron chi connectivity index (χ4n) is 2.52. The van der Waals surface area contributed by atoms with E-state index >= 15 is 0 Å². The largest absolute Gasteiger partial charge is 0.369 e.